The first-order valence-corrected chi connectivity index (χ1v) is 12.5. The van der Waals surface area contributed by atoms with Crippen molar-refractivity contribution in [2.24, 2.45) is 0 Å². The van der Waals surface area contributed by atoms with E-state index in [1.165, 1.54) is 0 Å². The van der Waals surface area contributed by atoms with Crippen LogP contribution in [0.2, 0.25) is 5.02 Å². The maximum absolute atomic E-state index is 13.7. The van der Waals surface area contributed by atoms with Gasteiger partial charge < -0.3 is 19.5 Å². The molecular weight excluding hydrogens is 490 g/mol. The van der Waals surface area contributed by atoms with Crippen molar-refractivity contribution in [1.29, 1.82) is 0 Å². The van der Waals surface area contributed by atoms with Gasteiger partial charge in [-0.2, -0.15) is 5.10 Å². The highest BCUT2D eigenvalue weighted by atomic mass is 35.5. The van der Waals surface area contributed by atoms with Crippen molar-refractivity contribution in [1.82, 2.24) is 15.1 Å². The van der Waals surface area contributed by atoms with Gasteiger partial charge in [0.1, 0.15) is 28.6 Å². The molecular formula is C29H28ClN3O4. The molecule has 2 N–H and O–H groups in total. The first kappa shape index (κ1) is 24.7. The highest BCUT2D eigenvalue weighted by Crippen LogP contribution is 2.46. The fourth-order valence-corrected chi connectivity index (χ4v) is 4.83. The van der Waals surface area contributed by atoms with Crippen molar-refractivity contribution in [3.8, 4) is 28.5 Å². The molecule has 190 valence electrons. The summed E-state index contributed by atoms with van der Waals surface area (Å²) in [5, 5.41) is 18.7. The number of phenols is 1. The summed E-state index contributed by atoms with van der Waals surface area (Å²) in [7, 11) is 1.62. The molecule has 1 unspecified atom stereocenters. The van der Waals surface area contributed by atoms with E-state index in [0.717, 1.165) is 34.6 Å². The Hall–Kier alpha value is -3.97. The molecule has 0 fully saturated rings. The average molecular weight is 518 g/mol. The van der Waals surface area contributed by atoms with Crippen LogP contribution in [0.5, 0.6) is 17.2 Å². The Labute approximate surface area is 220 Å². The third-order valence-corrected chi connectivity index (χ3v) is 6.98. The minimum Gasteiger partial charge on any atom is -0.507 e. The van der Waals surface area contributed by atoms with Crippen LogP contribution in [0.4, 0.5) is 0 Å². The van der Waals surface area contributed by atoms with E-state index in [9.17, 15) is 9.90 Å². The number of methoxy groups -OCH3 is 1. The number of carbonyl (C=O) groups is 1. The fourth-order valence-electron chi connectivity index (χ4n) is 4.66. The van der Waals surface area contributed by atoms with Gasteiger partial charge in [-0.05, 0) is 66.4 Å². The predicted octanol–water partition coefficient (Wildman–Crippen LogP) is 6.29. The molecule has 0 spiro atoms. The van der Waals surface area contributed by atoms with Gasteiger partial charge in [0.05, 0.1) is 19.8 Å². The van der Waals surface area contributed by atoms with Gasteiger partial charge in [0.2, 0.25) is 0 Å². The van der Waals surface area contributed by atoms with Crippen LogP contribution in [-0.4, -0.2) is 39.8 Å². The van der Waals surface area contributed by atoms with E-state index in [4.69, 9.17) is 21.1 Å². The SMILES string of the molecule is CCCOc1ccc(C2c3c(-c4cc(Cl)c(C)cc4O)n[nH]c3C(=O)N2Cc2ccc(OC)cc2)cc1. The first-order valence-electron chi connectivity index (χ1n) is 12.2. The third-order valence-electron chi connectivity index (χ3n) is 6.58. The molecule has 8 heteroatoms. The molecule has 1 aromatic heterocycles. The van der Waals surface area contributed by atoms with Crippen molar-refractivity contribution in [3.05, 3.63) is 93.6 Å². The summed E-state index contributed by atoms with van der Waals surface area (Å²) < 4.78 is 11.0. The molecule has 0 aliphatic carbocycles. The zero-order chi connectivity index (χ0) is 26.1. The second-order valence-electron chi connectivity index (χ2n) is 9.08. The maximum atomic E-state index is 13.7. The summed E-state index contributed by atoms with van der Waals surface area (Å²) >= 11 is 6.40. The first-order chi connectivity index (χ1) is 17.9. The largest absolute Gasteiger partial charge is 0.507 e. The third kappa shape index (κ3) is 4.62. The summed E-state index contributed by atoms with van der Waals surface area (Å²) in [6.45, 7) is 4.90. The number of phenolic OH excluding ortho intramolecular Hbond substituents is 1. The fraction of sp³-hybridized carbons (Fsp3) is 0.241. The number of aryl methyl sites for hydroxylation is 1. The van der Waals surface area contributed by atoms with E-state index < -0.39 is 6.04 Å². The number of aromatic nitrogens is 2. The molecule has 1 amide bonds. The number of hydrogen-bond acceptors (Lipinski definition) is 5. The summed E-state index contributed by atoms with van der Waals surface area (Å²) in [5.74, 6) is 1.41. The Kier molecular flexibility index (Phi) is 6.80. The number of hydrogen-bond donors (Lipinski definition) is 2. The van der Waals surface area contributed by atoms with Crippen LogP contribution < -0.4 is 9.47 Å². The molecule has 5 rings (SSSR count). The summed E-state index contributed by atoms with van der Waals surface area (Å²) in [4.78, 5) is 15.5. The van der Waals surface area contributed by atoms with E-state index >= 15 is 0 Å². The number of benzene rings is 3. The zero-order valence-corrected chi connectivity index (χ0v) is 21.7. The van der Waals surface area contributed by atoms with E-state index in [-0.39, 0.29) is 11.7 Å². The number of nitrogens with zero attached hydrogens (tertiary/aromatic N) is 2. The average Bonchev–Trinajstić information content (AvgIpc) is 3.44. The number of aromatic amines is 1. The monoisotopic (exact) mass is 517 g/mol. The lowest BCUT2D eigenvalue weighted by Crippen LogP contribution is -2.29. The van der Waals surface area contributed by atoms with Crippen LogP contribution in [0.15, 0.2) is 60.7 Å². The molecule has 1 atom stereocenters. The van der Waals surface area contributed by atoms with Gasteiger partial charge in [-0.25, -0.2) is 0 Å². The molecule has 3 aromatic carbocycles. The Morgan fingerprint density at radius 3 is 2.46 bits per heavy atom. The molecule has 37 heavy (non-hydrogen) atoms. The van der Waals surface area contributed by atoms with Gasteiger partial charge >= 0.3 is 0 Å². The van der Waals surface area contributed by atoms with Crippen LogP contribution >= 0.6 is 11.6 Å². The van der Waals surface area contributed by atoms with Gasteiger partial charge in [0.25, 0.3) is 5.91 Å². The zero-order valence-electron chi connectivity index (χ0n) is 20.9. The van der Waals surface area contributed by atoms with Crippen LogP contribution in [-0.2, 0) is 6.54 Å². The number of halogens is 1. The molecule has 0 saturated heterocycles. The predicted molar refractivity (Wildman–Crippen MR) is 142 cm³/mol. The standard InChI is InChI=1S/C29H28ClN3O4/c1-4-13-37-21-11-7-19(8-12-21)28-25-26(22-15-23(30)17(2)14-24(22)34)31-32-27(25)29(35)33(28)16-18-5-9-20(36-3)10-6-18/h5-12,14-15,28,34H,4,13,16H2,1-3H3,(H,31,32). The van der Waals surface area contributed by atoms with Gasteiger partial charge in [0, 0.05) is 22.7 Å². The van der Waals surface area contributed by atoms with Crippen molar-refractivity contribution in [2.45, 2.75) is 32.9 Å². The Bertz CT molecular complexity index is 1430. The van der Waals surface area contributed by atoms with Gasteiger partial charge in [-0.3, -0.25) is 9.89 Å². The number of carbonyl (C=O) groups excluding carboxylic acids is 1. The maximum Gasteiger partial charge on any atom is 0.273 e. The number of fused-ring (bicyclic) bond motifs is 1. The number of H-pyrrole nitrogens is 1. The van der Waals surface area contributed by atoms with E-state index in [2.05, 4.69) is 17.1 Å². The topological polar surface area (TPSA) is 87.7 Å². The van der Waals surface area contributed by atoms with Crippen LogP contribution in [0.3, 0.4) is 0 Å². The van der Waals surface area contributed by atoms with E-state index in [0.29, 0.717) is 40.7 Å². The quantitative estimate of drug-likeness (QED) is 0.287. The number of nitrogens with one attached hydrogen (secondary N) is 1. The normalized spacial score (nSPS) is 14.6. The second-order valence-corrected chi connectivity index (χ2v) is 9.49. The second kappa shape index (κ2) is 10.2. The minimum absolute atomic E-state index is 0.0549. The van der Waals surface area contributed by atoms with Gasteiger partial charge in [-0.15, -0.1) is 0 Å². The van der Waals surface area contributed by atoms with Crippen LogP contribution in [0.1, 0.15) is 52.1 Å². The lowest BCUT2D eigenvalue weighted by molar-refractivity contribution is 0.0730. The molecule has 2 heterocycles. The molecule has 7 nitrogen and oxygen atoms in total. The summed E-state index contributed by atoms with van der Waals surface area (Å²) in [5.41, 5.74) is 4.70. The lowest BCUT2D eigenvalue weighted by Gasteiger charge is -2.27. The summed E-state index contributed by atoms with van der Waals surface area (Å²) in [6.07, 6.45) is 0.916. The van der Waals surface area contributed by atoms with Crippen LogP contribution in [0.25, 0.3) is 11.3 Å². The minimum atomic E-state index is -0.432. The smallest absolute Gasteiger partial charge is 0.273 e. The Balaban J connectivity index is 1.60. The lowest BCUT2D eigenvalue weighted by atomic mass is 9.95. The number of amides is 1. The number of aromatic hydroxyl groups is 1. The van der Waals surface area contributed by atoms with Crippen molar-refractivity contribution < 1.29 is 19.4 Å². The molecule has 0 saturated carbocycles. The summed E-state index contributed by atoms with van der Waals surface area (Å²) in [6, 6.07) is 18.3. The Morgan fingerprint density at radius 1 is 1.08 bits per heavy atom. The van der Waals surface area contributed by atoms with Gasteiger partial charge in [0.15, 0.2) is 0 Å². The van der Waals surface area contributed by atoms with Crippen molar-refractivity contribution in [2.75, 3.05) is 13.7 Å². The highest BCUT2D eigenvalue weighted by molar-refractivity contribution is 6.31. The molecule has 4 aromatic rings. The molecule has 1 aliphatic heterocycles. The molecule has 0 radical (unpaired) electrons. The highest BCUT2D eigenvalue weighted by Gasteiger charge is 2.42. The molecule has 0 bridgehead atoms. The van der Waals surface area contributed by atoms with Crippen molar-refractivity contribution in [3.63, 3.8) is 0 Å². The van der Waals surface area contributed by atoms with Crippen LogP contribution in [0, 0.1) is 6.92 Å². The van der Waals surface area contributed by atoms with E-state index in [1.807, 2.05) is 60.4 Å². The number of rotatable bonds is 8. The van der Waals surface area contributed by atoms with Crippen molar-refractivity contribution >= 4 is 17.5 Å². The number of ether oxygens (including phenoxy) is 2. The molecule has 1 aliphatic rings. The van der Waals surface area contributed by atoms with Gasteiger partial charge in [-0.1, -0.05) is 42.8 Å². The van der Waals surface area contributed by atoms with E-state index in [1.54, 1.807) is 19.2 Å². The Morgan fingerprint density at radius 2 is 1.78 bits per heavy atom.